The largest absolute Gasteiger partial charge is 0.481 e. The number of aliphatic hydroxyl groups excluding tert-OH is 1. The summed E-state index contributed by atoms with van der Waals surface area (Å²) in [6.45, 7) is 0.148. The van der Waals surface area contributed by atoms with Gasteiger partial charge in [-0.05, 0) is 12.8 Å². The SMILES string of the molecule is COc1ncc(CCCO)c(OC)n1. The molecule has 14 heavy (non-hydrogen) atoms. The molecular weight excluding hydrogens is 184 g/mol. The first kappa shape index (κ1) is 10.7. The van der Waals surface area contributed by atoms with Gasteiger partial charge in [0, 0.05) is 18.4 Å². The van der Waals surface area contributed by atoms with E-state index in [1.54, 1.807) is 13.3 Å². The van der Waals surface area contributed by atoms with Crippen molar-refractivity contribution < 1.29 is 14.6 Å². The van der Waals surface area contributed by atoms with Crippen molar-refractivity contribution in [2.45, 2.75) is 12.8 Å². The van der Waals surface area contributed by atoms with Crippen LogP contribution in [0.5, 0.6) is 11.9 Å². The number of aromatic nitrogens is 2. The van der Waals surface area contributed by atoms with Gasteiger partial charge in [0.2, 0.25) is 5.88 Å². The normalized spacial score (nSPS) is 9.93. The lowest BCUT2D eigenvalue weighted by atomic mass is 10.2. The molecule has 1 aromatic rings. The number of aliphatic hydroxyl groups is 1. The Balaban J connectivity index is 2.82. The predicted molar refractivity (Wildman–Crippen MR) is 50.5 cm³/mol. The summed E-state index contributed by atoms with van der Waals surface area (Å²) in [5.41, 5.74) is 0.877. The van der Waals surface area contributed by atoms with Crippen molar-refractivity contribution in [1.82, 2.24) is 9.97 Å². The molecule has 1 N–H and O–H groups in total. The maximum atomic E-state index is 8.69. The molecule has 0 radical (unpaired) electrons. The zero-order valence-electron chi connectivity index (χ0n) is 8.36. The first-order valence-corrected chi connectivity index (χ1v) is 4.36. The lowest BCUT2D eigenvalue weighted by molar-refractivity contribution is 0.287. The fourth-order valence-corrected chi connectivity index (χ4v) is 1.09. The third-order valence-corrected chi connectivity index (χ3v) is 1.78. The fourth-order valence-electron chi connectivity index (χ4n) is 1.09. The number of rotatable bonds is 5. The highest BCUT2D eigenvalue weighted by Gasteiger charge is 2.06. The first-order valence-electron chi connectivity index (χ1n) is 4.36. The van der Waals surface area contributed by atoms with Crippen LogP contribution in [0, 0.1) is 0 Å². The summed E-state index contributed by atoms with van der Waals surface area (Å²) in [6, 6.07) is 0.287. The van der Waals surface area contributed by atoms with Crippen LogP contribution in [0.4, 0.5) is 0 Å². The third kappa shape index (κ3) is 2.56. The maximum Gasteiger partial charge on any atom is 0.319 e. The zero-order chi connectivity index (χ0) is 10.4. The summed E-state index contributed by atoms with van der Waals surface area (Å²) in [5, 5.41) is 8.69. The van der Waals surface area contributed by atoms with Crippen LogP contribution in [-0.2, 0) is 6.42 Å². The molecule has 5 nitrogen and oxygen atoms in total. The second-order valence-electron chi connectivity index (χ2n) is 2.72. The van der Waals surface area contributed by atoms with Crippen LogP contribution < -0.4 is 9.47 Å². The Morgan fingerprint density at radius 3 is 2.71 bits per heavy atom. The average molecular weight is 198 g/mol. The van der Waals surface area contributed by atoms with Gasteiger partial charge in [0.25, 0.3) is 0 Å². The average Bonchev–Trinajstić information content (AvgIpc) is 2.26. The van der Waals surface area contributed by atoms with Crippen LogP contribution in [0.3, 0.4) is 0 Å². The van der Waals surface area contributed by atoms with Gasteiger partial charge in [-0.1, -0.05) is 0 Å². The van der Waals surface area contributed by atoms with Gasteiger partial charge in [-0.3, -0.25) is 0 Å². The quantitative estimate of drug-likeness (QED) is 0.742. The molecule has 0 aromatic carbocycles. The number of ether oxygens (including phenoxy) is 2. The number of methoxy groups -OCH3 is 2. The number of aryl methyl sites for hydroxylation is 1. The molecule has 0 saturated heterocycles. The van der Waals surface area contributed by atoms with Crippen molar-refractivity contribution in [3.63, 3.8) is 0 Å². The number of nitrogens with zero attached hydrogens (tertiary/aromatic N) is 2. The van der Waals surface area contributed by atoms with E-state index < -0.39 is 0 Å². The summed E-state index contributed by atoms with van der Waals surface area (Å²) in [5.74, 6) is 0.505. The minimum atomic E-state index is 0.148. The number of hydrogen-bond acceptors (Lipinski definition) is 5. The molecule has 0 fully saturated rings. The van der Waals surface area contributed by atoms with Crippen LogP contribution >= 0.6 is 0 Å². The van der Waals surface area contributed by atoms with Gasteiger partial charge in [0.15, 0.2) is 0 Å². The lowest BCUT2D eigenvalue weighted by Gasteiger charge is -2.06. The van der Waals surface area contributed by atoms with Crippen molar-refractivity contribution in [2.24, 2.45) is 0 Å². The van der Waals surface area contributed by atoms with E-state index in [-0.39, 0.29) is 12.6 Å². The molecule has 0 spiro atoms. The smallest absolute Gasteiger partial charge is 0.319 e. The molecule has 1 rings (SSSR count). The van der Waals surface area contributed by atoms with E-state index in [0.717, 1.165) is 5.56 Å². The van der Waals surface area contributed by atoms with E-state index in [1.165, 1.54) is 7.11 Å². The molecule has 0 amide bonds. The Morgan fingerprint density at radius 1 is 1.36 bits per heavy atom. The Hall–Kier alpha value is -1.36. The van der Waals surface area contributed by atoms with Gasteiger partial charge in [-0.25, -0.2) is 4.98 Å². The Kier molecular flexibility index (Phi) is 4.12. The molecule has 0 aliphatic rings. The van der Waals surface area contributed by atoms with Gasteiger partial charge in [-0.15, -0.1) is 0 Å². The summed E-state index contributed by atoms with van der Waals surface area (Å²) in [4.78, 5) is 7.99. The van der Waals surface area contributed by atoms with Crippen LogP contribution in [0.25, 0.3) is 0 Å². The van der Waals surface area contributed by atoms with Crippen molar-refractivity contribution in [3.8, 4) is 11.9 Å². The Morgan fingerprint density at radius 2 is 2.14 bits per heavy atom. The molecule has 1 heterocycles. The summed E-state index contributed by atoms with van der Waals surface area (Å²) in [6.07, 6.45) is 3.02. The first-order chi connectivity index (χ1) is 6.81. The van der Waals surface area contributed by atoms with E-state index in [4.69, 9.17) is 14.6 Å². The van der Waals surface area contributed by atoms with Gasteiger partial charge in [0.1, 0.15) is 0 Å². The second-order valence-corrected chi connectivity index (χ2v) is 2.72. The van der Waals surface area contributed by atoms with E-state index >= 15 is 0 Å². The van der Waals surface area contributed by atoms with E-state index in [1.807, 2.05) is 0 Å². The highest BCUT2D eigenvalue weighted by atomic mass is 16.5. The molecule has 0 atom stereocenters. The third-order valence-electron chi connectivity index (χ3n) is 1.78. The molecule has 0 bridgehead atoms. The van der Waals surface area contributed by atoms with Crippen LogP contribution in [-0.4, -0.2) is 35.9 Å². The molecule has 0 aliphatic heterocycles. The Labute approximate surface area is 82.7 Å². The van der Waals surface area contributed by atoms with Gasteiger partial charge in [-0.2, -0.15) is 4.98 Å². The maximum absolute atomic E-state index is 8.69. The summed E-state index contributed by atoms with van der Waals surface area (Å²) >= 11 is 0. The Bertz CT molecular complexity index is 291. The van der Waals surface area contributed by atoms with Gasteiger partial charge in [0.05, 0.1) is 14.2 Å². The molecule has 0 unspecified atom stereocenters. The van der Waals surface area contributed by atoms with E-state index in [0.29, 0.717) is 18.7 Å². The zero-order valence-corrected chi connectivity index (χ0v) is 8.36. The van der Waals surface area contributed by atoms with Crippen molar-refractivity contribution >= 4 is 0 Å². The highest BCUT2D eigenvalue weighted by Crippen LogP contribution is 2.18. The molecule has 1 aromatic heterocycles. The fraction of sp³-hybridized carbons (Fsp3) is 0.556. The molecule has 0 aliphatic carbocycles. The lowest BCUT2D eigenvalue weighted by Crippen LogP contribution is -2.00. The van der Waals surface area contributed by atoms with Gasteiger partial charge >= 0.3 is 6.01 Å². The van der Waals surface area contributed by atoms with Gasteiger partial charge < -0.3 is 14.6 Å². The van der Waals surface area contributed by atoms with Crippen LogP contribution in [0.2, 0.25) is 0 Å². The molecular formula is C9H14N2O3. The standard InChI is InChI=1S/C9H14N2O3/c1-13-8-7(4-3-5-12)6-10-9(11-8)14-2/h6,12H,3-5H2,1-2H3. The molecule has 0 saturated carbocycles. The minimum absolute atomic E-state index is 0.148. The van der Waals surface area contributed by atoms with Crippen molar-refractivity contribution in [2.75, 3.05) is 20.8 Å². The van der Waals surface area contributed by atoms with Crippen LogP contribution in [0.1, 0.15) is 12.0 Å². The van der Waals surface area contributed by atoms with E-state index in [9.17, 15) is 0 Å². The summed E-state index contributed by atoms with van der Waals surface area (Å²) in [7, 11) is 3.05. The molecule has 5 heteroatoms. The van der Waals surface area contributed by atoms with Crippen molar-refractivity contribution in [3.05, 3.63) is 11.8 Å². The van der Waals surface area contributed by atoms with E-state index in [2.05, 4.69) is 9.97 Å². The predicted octanol–water partition coefficient (Wildman–Crippen LogP) is 0.419. The van der Waals surface area contributed by atoms with Crippen molar-refractivity contribution in [1.29, 1.82) is 0 Å². The second kappa shape index (κ2) is 5.39. The van der Waals surface area contributed by atoms with Crippen LogP contribution in [0.15, 0.2) is 6.20 Å². The molecule has 78 valence electrons. The highest BCUT2D eigenvalue weighted by molar-refractivity contribution is 5.25. The summed E-state index contributed by atoms with van der Waals surface area (Å²) < 4.78 is 9.94. The number of hydrogen-bond donors (Lipinski definition) is 1. The monoisotopic (exact) mass is 198 g/mol. The minimum Gasteiger partial charge on any atom is -0.481 e. The topological polar surface area (TPSA) is 64.5 Å².